The molecule has 1 heterocycles. The lowest BCUT2D eigenvalue weighted by Gasteiger charge is -2.13. The number of H-pyrrole nitrogens is 1. The summed E-state index contributed by atoms with van der Waals surface area (Å²) in [6, 6.07) is 7.32. The number of rotatable bonds is 8. The fourth-order valence-corrected chi connectivity index (χ4v) is 1.94. The average molecular weight is 354 g/mol. The summed E-state index contributed by atoms with van der Waals surface area (Å²) in [6.07, 6.45) is 1.53. The van der Waals surface area contributed by atoms with Crippen molar-refractivity contribution in [3.8, 4) is 11.4 Å². The Labute approximate surface area is 147 Å². The molecule has 8 heteroatoms. The van der Waals surface area contributed by atoms with Gasteiger partial charge in [0, 0.05) is 17.9 Å². The van der Waals surface area contributed by atoms with Gasteiger partial charge in [-0.25, -0.2) is 4.98 Å². The number of unbranched alkanes of at least 4 members (excludes halogenated alkanes) is 1. The third kappa shape index (κ3) is 5.59. The molecule has 0 bridgehead atoms. The third-order valence-electron chi connectivity index (χ3n) is 3.37. The number of hydrogen-bond donors (Lipinski definition) is 3. The van der Waals surface area contributed by atoms with Crippen molar-refractivity contribution in [3.63, 3.8) is 0 Å². The molecule has 0 fully saturated rings. The van der Waals surface area contributed by atoms with E-state index in [0.717, 1.165) is 18.4 Å². The maximum atomic E-state index is 12.0. The number of amides is 1. The molecule has 0 saturated carbocycles. The van der Waals surface area contributed by atoms with E-state index in [-0.39, 0.29) is 18.3 Å². The first-order chi connectivity index (χ1) is 11.1. The molecule has 0 saturated heterocycles. The average Bonchev–Trinajstić information content (AvgIpc) is 3.04. The monoisotopic (exact) mass is 353 g/mol. The quantitative estimate of drug-likeness (QED) is 0.632. The molecule has 2 aromatic rings. The predicted molar refractivity (Wildman–Crippen MR) is 95.9 cm³/mol. The van der Waals surface area contributed by atoms with Gasteiger partial charge in [-0.05, 0) is 37.6 Å². The Bertz CT molecular complexity index is 630. The highest BCUT2D eigenvalue weighted by molar-refractivity contribution is 5.94. The van der Waals surface area contributed by atoms with E-state index < -0.39 is 6.10 Å². The first-order valence-electron chi connectivity index (χ1n) is 7.78. The van der Waals surface area contributed by atoms with Gasteiger partial charge in [-0.1, -0.05) is 13.3 Å². The minimum absolute atomic E-state index is 0. The van der Waals surface area contributed by atoms with Gasteiger partial charge in [-0.15, -0.1) is 12.4 Å². The number of nitrogens with two attached hydrogens (primary N) is 1. The van der Waals surface area contributed by atoms with Gasteiger partial charge in [-0.2, -0.15) is 5.10 Å². The van der Waals surface area contributed by atoms with Gasteiger partial charge in [0.25, 0.3) is 5.91 Å². The first kappa shape index (κ1) is 20.1. The third-order valence-corrected chi connectivity index (χ3v) is 3.37. The lowest BCUT2D eigenvalue weighted by Crippen LogP contribution is -2.28. The predicted octanol–water partition coefficient (Wildman–Crippen LogP) is 2.50. The molecule has 0 spiro atoms. The number of benzene rings is 1. The van der Waals surface area contributed by atoms with Crippen LogP contribution in [0.5, 0.6) is 0 Å². The summed E-state index contributed by atoms with van der Waals surface area (Å²) >= 11 is 0. The minimum atomic E-state index is -0.471. The Morgan fingerprint density at radius 3 is 2.67 bits per heavy atom. The van der Waals surface area contributed by atoms with E-state index in [1.54, 1.807) is 6.92 Å². The molecule has 7 nitrogen and oxygen atoms in total. The van der Waals surface area contributed by atoms with Crippen LogP contribution in [-0.4, -0.2) is 33.8 Å². The number of ether oxygens (including phenoxy) is 1. The SMILES string of the molecule is CCCCOC(C)C(=O)Nc1ccc(-c2n[nH]c(CN)n2)cc1.Cl. The molecule has 132 valence electrons. The molecule has 0 aliphatic heterocycles. The molecule has 1 aromatic carbocycles. The number of nitrogens with zero attached hydrogens (tertiary/aromatic N) is 2. The molecule has 1 aromatic heterocycles. The molecule has 1 unspecified atom stereocenters. The van der Waals surface area contributed by atoms with Crippen molar-refractivity contribution in [1.29, 1.82) is 0 Å². The largest absolute Gasteiger partial charge is 0.369 e. The van der Waals surface area contributed by atoms with E-state index in [1.165, 1.54) is 0 Å². The Balaban J connectivity index is 0.00000288. The second-order valence-electron chi connectivity index (χ2n) is 5.24. The van der Waals surface area contributed by atoms with Crippen molar-refractivity contribution < 1.29 is 9.53 Å². The van der Waals surface area contributed by atoms with E-state index in [1.807, 2.05) is 24.3 Å². The molecule has 4 N–H and O–H groups in total. The van der Waals surface area contributed by atoms with Gasteiger partial charge in [0.15, 0.2) is 5.82 Å². The van der Waals surface area contributed by atoms with E-state index in [2.05, 4.69) is 27.4 Å². The fraction of sp³-hybridized carbons (Fsp3) is 0.438. The normalized spacial score (nSPS) is 11.6. The number of aromatic nitrogens is 3. The molecule has 0 aliphatic rings. The van der Waals surface area contributed by atoms with Gasteiger partial charge in [0.1, 0.15) is 11.9 Å². The number of aromatic amines is 1. The number of anilines is 1. The molecule has 1 amide bonds. The zero-order valence-corrected chi connectivity index (χ0v) is 14.7. The van der Waals surface area contributed by atoms with Crippen molar-refractivity contribution in [2.45, 2.75) is 39.3 Å². The highest BCUT2D eigenvalue weighted by Gasteiger charge is 2.13. The van der Waals surface area contributed by atoms with Gasteiger partial charge >= 0.3 is 0 Å². The standard InChI is InChI=1S/C16H23N5O2.ClH/c1-3-4-9-23-11(2)16(22)18-13-7-5-12(6-8-13)15-19-14(10-17)20-21-15;/h5-8,11H,3-4,9-10,17H2,1-2H3,(H,18,22)(H,19,20,21);1H. The van der Waals surface area contributed by atoms with Gasteiger partial charge in [-0.3, -0.25) is 9.89 Å². The van der Waals surface area contributed by atoms with Crippen LogP contribution in [-0.2, 0) is 16.1 Å². The first-order valence-corrected chi connectivity index (χ1v) is 7.78. The maximum absolute atomic E-state index is 12.0. The number of hydrogen-bond acceptors (Lipinski definition) is 5. The van der Waals surface area contributed by atoms with Crippen molar-refractivity contribution in [3.05, 3.63) is 30.1 Å². The Morgan fingerprint density at radius 2 is 2.08 bits per heavy atom. The Kier molecular flexibility index (Phi) is 8.39. The van der Waals surface area contributed by atoms with E-state index in [9.17, 15) is 4.79 Å². The van der Waals surface area contributed by atoms with Gasteiger partial charge in [0.2, 0.25) is 0 Å². The van der Waals surface area contributed by atoms with Crippen LogP contribution >= 0.6 is 12.4 Å². The summed E-state index contributed by atoms with van der Waals surface area (Å²) in [5.74, 6) is 1.06. The van der Waals surface area contributed by atoms with Crippen LogP contribution in [0.15, 0.2) is 24.3 Å². The smallest absolute Gasteiger partial charge is 0.253 e. The molecule has 2 rings (SSSR count). The van der Waals surface area contributed by atoms with Crippen LogP contribution < -0.4 is 11.1 Å². The molecule has 24 heavy (non-hydrogen) atoms. The summed E-state index contributed by atoms with van der Waals surface area (Å²) in [4.78, 5) is 16.3. The lowest BCUT2D eigenvalue weighted by molar-refractivity contribution is -0.126. The molecule has 0 radical (unpaired) electrons. The van der Waals surface area contributed by atoms with Crippen molar-refractivity contribution >= 4 is 24.0 Å². The Hall–Kier alpha value is -1.96. The molecule has 0 aliphatic carbocycles. The van der Waals surface area contributed by atoms with Crippen LogP contribution in [0.3, 0.4) is 0 Å². The number of carbonyl (C=O) groups excluding carboxylic acids is 1. The minimum Gasteiger partial charge on any atom is -0.369 e. The van der Waals surface area contributed by atoms with Gasteiger partial charge < -0.3 is 15.8 Å². The summed E-state index contributed by atoms with van der Waals surface area (Å²) in [5, 5.41) is 9.69. The zero-order chi connectivity index (χ0) is 16.7. The van der Waals surface area contributed by atoms with Crippen LogP contribution in [0.1, 0.15) is 32.5 Å². The maximum Gasteiger partial charge on any atom is 0.253 e. The second-order valence-corrected chi connectivity index (χ2v) is 5.24. The van der Waals surface area contributed by atoms with Gasteiger partial charge in [0.05, 0.1) is 6.54 Å². The zero-order valence-electron chi connectivity index (χ0n) is 13.9. The molecule has 1 atom stereocenters. The van der Waals surface area contributed by atoms with Crippen LogP contribution in [0.25, 0.3) is 11.4 Å². The summed E-state index contributed by atoms with van der Waals surface area (Å²) < 4.78 is 5.48. The lowest BCUT2D eigenvalue weighted by atomic mass is 10.2. The highest BCUT2D eigenvalue weighted by Crippen LogP contribution is 2.18. The highest BCUT2D eigenvalue weighted by atomic mass is 35.5. The van der Waals surface area contributed by atoms with Crippen molar-refractivity contribution in [2.24, 2.45) is 5.73 Å². The van der Waals surface area contributed by atoms with Crippen molar-refractivity contribution in [2.75, 3.05) is 11.9 Å². The van der Waals surface area contributed by atoms with E-state index in [4.69, 9.17) is 10.5 Å². The van der Waals surface area contributed by atoms with Crippen LogP contribution in [0, 0.1) is 0 Å². The number of nitrogens with one attached hydrogen (secondary N) is 2. The fourth-order valence-electron chi connectivity index (χ4n) is 1.94. The molecular formula is C16H24ClN5O2. The number of carbonyl (C=O) groups is 1. The number of halogens is 1. The van der Waals surface area contributed by atoms with Crippen LogP contribution in [0.2, 0.25) is 0 Å². The second kappa shape index (κ2) is 10.0. The topological polar surface area (TPSA) is 106 Å². The van der Waals surface area contributed by atoms with Crippen LogP contribution in [0.4, 0.5) is 5.69 Å². The summed E-state index contributed by atoms with van der Waals surface area (Å²) in [5.41, 5.74) is 7.06. The van der Waals surface area contributed by atoms with E-state index >= 15 is 0 Å². The van der Waals surface area contributed by atoms with Crippen molar-refractivity contribution in [1.82, 2.24) is 15.2 Å². The summed E-state index contributed by atoms with van der Waals surface area (Å²) in [6.45, 7) is 4.75. The van der Waals surface area contributed by atoms with E-state index in [0.29, 0.717) is 30.5 Å². The Morgan fingerprint density at radius 1 is 1.38 bits per heavy atom. The summed E-state index contributed by atoms with van der Waals surface area (Å²) in [7, 11) is 0. The molecular weight excluding hydrogens is 330 g/mol.